The first-order valence-electron chi connectivity index (χ1n) is 5.62. The average Bonchev–Trinajstić information content (AvgIpc) is 2.89. The van der Waals surface area contributed by atoms with E-state index in [-0.39, 0.29) is 0 Å². The van der Waals surface area contributed by atoms with Crippen LogP contribution in [0.4, 0.5) is 5.82 Å². The summed E-state index contributed by atoms with van der Waals surface area (Å²) in [5.41, 5.74) is 0.925. The second-order valence-electron chi connectivity index (χ2n) is 3.71. The Bertz CT molecular complexity index is 456. The zero-order valence-electron chi connectivity index (χ0n) is 9.77. The minimum atomic E-state index is 0.463. The van der Waals surface area contributed by atoms with E-state index in [1.54, 1.807) is 11.3 Å². The van der Waals surface area contributed by atoms with E-state index in [2.05, 4.69) is 34.3 Å². The van der Waals surface area contributed by atoms with Gasteiger partial charge in [-0.05, 0) is 30.5 Å². The Labute approximate surface area is 111 Å². The standard InChI is InChI=1S/C13H15ClN2S/c1-2-16(10-12-6-4-8-17-12)13-7-3-5-11(9-14)15-13/h3-8H,2,9-10H2,1H3. The molecule has 0 aliphatic rings. The molecule has 2 heterocycles. The molecule has 0 aliphatic carbocycles. The summed E-state index contributed by atoms with van der Waals surface area (Å²) in [5, 5.41) is 2.10. The molecule has 2 aromatic heterocycles. The Balaban J connectivity index is 2.16. The van der Waals surface area contributed by atoms with E-state index in [9.17, 15) is 0 Å². The normalized spacial score (nSPS) is 10.5. The van der Waals surface area contributed by atoms with Gasteiger partial charge in [-0.2, -0.15) is 0 Å². The molecule has 2 rings (SSSR count). The van der Waals surface area contributed by atoms with Gasteiger partial charge in [0.15, 0.2) is 0 Å². The van der Waals surface area contributed by atoms with Crippen LogP contribution < -0.4 is 4.90 Å². The van der Waals surface area contributed by atoms with Crippen LogP contribution in [0, 0.1) is 0 Å². The van der Waals surface area contributed by atoms with Crippen molar-refractivity contribution in [3.8, 4) is 0 Å². The van der Waals surface area contributed by atoms with Crippen molar-refractivity contribution < 1.29 is 0 Å². The van der Waals surface area contributed by atoms with Gasteiger partial charge in [-0.1, -0.05) is 12.1 Å². The molecule has 0 saturated heterocycles. The number of thiophene rings is 1. The van der Waals surface area contributed by atoms with Gasteiger partial charge >= 0.3 is 0 Å². The van der Waals surface area contributed by atoms with Crippen molar-refractivity contribution in [1.29, 1.82) is 0 Å². The summed E-state index contributed by atoms with van der Waals surface area (Å²) < 4.78 is 0. The van der Waals surface area contributed by atoms with Crippen LogP contribution in [0.25, 0.3) is 0 Å². The van der Waals surface area contributed by atoms with Gasteiger partial charge in [-0.3, -0.25) is 0 Å². The SMILES string of the molecule is CCN(Cc1cccs1)c1cccc(CCl)n1. The summed E-state index contributed by atoms with van der Waals surface area (Å²) in [6.07, 6.45) is 0. The van der Waals surface area contributed by atoms with Crippen LogP contribution in [0.1, 0.15) is 17.5 Å². The molecule has 2 aromatic rings. The third kappa shape index (κ3) is 3.20. The Morgan fingerprint density at radius 3 is 2.82 bits per heavy atom. The number of aromatic nitrogens is 1. The molecule has 0 aromatic carbocycles. The molecule has 0 radical (unpaired) electrons. The molecule has 2 nitrogen and oxygen atoms in total. The van der Waals surface area contributed by atoms with Crippen LogP contribution in [-0.2, 0) is 12.4 Å². The second kappa shape index (κ2) is 6.03. The fourth-order valence-corrected chi connectivity index (χ4v) is 2.53. The van der Waals surface area contributed by atoms with Crippen LogP contribution in [-0.4, -0.2) is 11.5 Å². The summed E-state index contributed by atoms with van der Waals surface area (Å²) in [4.78, 5) is 8.15. The molecule has 0 saturated carbocycles. The number of pyridine rings is 1. The minimum absolute atomic E-state index is 0.463. The van der Waals surface area contributed by atoms with Crippen molar-refractivity contribution in [3.05, 3.63) is 46.3 Å². The Kier molecular flexibility index (Phi) is 4.40. The van der Waals surface area contributed by atoms with E-state index in [1.807, 2.05) is 18.2 Å². The fraction of sp³-hybridized carbons (Fsp3) is 0.308. The van der Waals surface area contributed by atoms with Crippen molar-refractivity contribution in [2.45, 2.75) is 19.3 Å². The molecule has 0 amide bonds. The Hall–Kier alpha value is -1.06. The number of alkyl halides is 1. The van der Waals surface area contributed by atoms with Crippen LogP contribution >= 0.6 is 22.9 Å². The van der Waals surface area contributed by atoms with E-state index in [0.717, 1.165) is 24.6 Å². The predicted molar refractivity (Wildman–Crippen MR) is 74.8 cm³/mol. The minimum Gasteiger partial charge on any atom is -0.352 e. The average molecular weight is 267 g/mol. The van der Waals surface area contributed by atoms with Gasteiger partial charge in [0.2, 0.25) is 0 Å². The van der Waals surface area contributed by atoms with Gasteiger partial charge in [-0.25, -0.2) is 4.98 Å². The molecular formula is C13H15ClN2S. The zero-order valence-corrected chi connectivity index (χ0v) is 11.3. The lowest BCUT2D eigenvalue weighted by Gasteiger charge is -2.21. The molecule has 0 fully saturated rings. The number of hydrogen-bond donors (Lipinski definition) is 0. The predicted octanol–water partition coefficient (Wildman–Crippen LogP) is 3.91. The lowest BCUT2D eigenvalue weighted by molar-refractivity contribution is 0.819. The summed E-state index contributed by atoms with van der Waals surface area (Å²) in [6, 6.07) is 10.2. The quantitative estimate of drug-likeness (QED) is 0.763. The molecule has 90 valence electrons. The Morgan fingerprint density at radius 2 is 2.18 bits per heavy atom. The third-order valence-electron chi connectivity index (χ3n) is 2.56. The summed E-state index contributed by atoms with van der Waals surface area (Å²) >= 11 is 7.59. The number of anilines is 1. The molecule has 0 unspecified atom stereocenters. The molecule has 0 N–H and O–H groups in total. The summed E-state index contributed by atoms with van der Waals surface area (Å²) in [5.74, 6) is 1.46. The van der Waals surface area contributed by atoms with Crippen molar-refractivity contribution in [2.75, 3.05) is 11.4 Å². The second-order valence-corrected chi connectivity index (χ2v) is 5.01. The number of nitrogens with zero attached hydrogens (tertiary/aromatic N) is 2. The lowest BCUT2D eigenvalue weighted by Crippen LogP contribution is -2.22. The van der Waals surface area contributed by atoms with Crippen LogP contribution in [0.3, 0.4) is 0 Å². The van der Waals surface area contributed by atoms with Crippen molar-refractivity contribution in [1.82, 2.24) is 4.98 Å². The van der Waals surface area contributed by atoms with E-state index < -0.39 is 0 Å². The van der Waals surface area contributed by atoms with Crippen LogP contribution in [0.5, 0.6) is 0 Å². The van der Waals surface area contributed by atoms with E-state index >= 15 is 0 Å². The Morgan fingerprint density at radius 1 is 1.29 bits per heavy atom. The van der Waals surface area contributed by atoms with Gasteiger partial charge in [0, 0.05) is 11.4 Å². The van der Waals surface area contributed by atoms with Gasteiger partial charge in [0.25, 0.3) is 0 Å². The molecule has 0 spiro atoms. The van der Waals surface area contributed by atoms with E-state index in [1.165, 1.54) is 4.88 Å². The molecule has 0 aliphatic heterocycles. The summed E-state index contributed by atoms with van der Waals surface area (Å²) in [7, 11) is 0. The highest BCUT2D eigenvalue weighted by molar-refractivity contribution is 7.09. The summed E-state index contributed by atoms with van der Waals surface area (Å²) in [6.45, 7) is 3.99. The highest BCUT2D eigenvalue weighted by Gasteiger charge is 2.07. The van der Waals surface area contributed by atoms with Gasteiger partial charge < -0.3 is 4.90 Å². The third-order valence-corrected chi connectivity index (χ3v) is 3.70. The van der Waals surface area contributed by atoms with E-state index in [0.29, 0.717) is 5.88 Å². The highest BCUT2D eigenvalue weighted by atomic mass is 35.5. The first-order valence-corrected chi connectivity index (χ1v) is 7.04. The maximum Gasteiger partial charge on any atom is 0.129 e. The fourth-order valence-electron chi connectivity index (χ4n) is 1.66. The van der Waals surface area contributed by atoms with Crippen molar-refractivity contribution in [3.63, 3.8) is 0 Å². The van der Waals surface area contributed by atoms with Gasteiger partial charge in [0.05, 0.1) is 18.1 Å². The number of hydrogen-bond acceptors (Lipinski definition) is 3. The zero-order chi connectivity index (χ0) is 12.1. The molecule has 17 heavy (non-hydrogen) atoms. The first-order chi connectivity index (χ1) is 8.33. The van der Waals surface area contributed by atoms with Crippen LogP contribution in [0.15, 0.2) is 35.7 Å². The maximum atomic E-state index is 5.81. The number of rotatable bonds is 5. The highest BCUT2D eigenvalue weighted by Crippen LogP contribution is 2.18. The van der Waals surface area contributed by atoms with Gasteiger partial charge in [-0.15, -0.1) is 22.9 Å². The number of halogens is 1. The largest absolute Gasteiger partial charge is 0.352 e. The first kappa shape index (κ1) is 12.4. The smallest absolute Gasteiger partial charge is 0.129 e. The van der Waals surface area contributed by atoms with Crippen molar-refractivity contribution in [2.24, 2.45) is 0 Å². The van der Waals surface area contributed by atoms with E-state index in [4.69, 9.17) is 11.6 Å². The molecule has 0 atom stereocenters. The van der Waals surface area contributed by atoms with Gasteiger partial charge in [0.1, 0.15) is 5.82 Å². The monoisotopic (exact) mass is 266 g/mol. The van der Waals surface area contributed by atoms with Crippen LogP contribution in [0.2, 0.25) is 0 Å². The molecule has 4 heteroatoms. The maximum absolute atomic E-state index is 5.81. The molecule has 0 bridgehead atoms. The lowest BCUT2D eigenvalue weighted by atomic mass is 10.3. The topological polar surface area (TPSA) is 16.1 Å². The van der Waals surface area contributed by atoms with Crippen molar-refractivity contribution >= 4 is 28.8 Å². The molecular weight excluding hydrogens is 252 g/mol.